The maximum Gasteiger partial charge on any atom is 0.418 e. The van der Waals surface area contributed by atoms with Gasteiger partial charge in [-0.1, -0.05) is 6.07 Å². The van der Waals surface area contributed by atoms with Gasteiger partial charge in [0.25, 0.3) is 0 Å². The Morgan fingerprint density at radius 2 is 2.00 bits per heavy atom. The highest BCUT2D eigenvalue weighted by Gasteiger charge is 2.37. The van der Waals surface area contributed by atoms with Crippen LogP contribution in [0.2, 0.25) is 0 Å². The molecule has 1 saturated carbocycles. The number of carbonyl (C=O) groups excluding carboxylic acids is 2. The van der Waals surface area contributed by atoms with Crippen LogP contribution in [-0.2, 0) is 35.1 Å². The number of hydrogen-bond donors (Lipinski definition) is 1. The van der Waals surface area contributed by atoms with Gasteiger partial charge < -0.3 is 20.1 Å². The van der Waals surface area contributed by atoms with Crippen molar-refractivity contribution in [2.24, 2.45) is 11.7 Å². The van der Waals surface area contributed by atoms with Crippen LogP contribution in [0.1, 0.15) is 65.0 Å². The summed E-state index contributed by atoms with van der Waals surface area (Å²) in [6, 6.07) is 7.74. The summed E-state index contributed by atoms with van der Waals surface area (Å²) in [6.45, 7) is 0.890. The molecule has 4 rings (SSSR count). The molecule has 2 unspecified atom stereocenters. The fourth-order valence-electron chi connectivity index (χ4n) is 5.05. The predicted molar refractivity (Wildman–Crippen MR) is 130 cm³/mol. The number of aromatic nitrogens is 1. The molecule has 2 N–H and O–H groups in total. The molecule has 1 aromatic carbocycles. The van der Waals surface area contributed by atoms with E-state index in [1.54, 1.807) is 29.2 Å². The second-order valence-corrected chi connectivity index (χ2v) is 9.69. The Labute approximate surface area is 214 Å². The smallest absolute Gasteiger partial charge is 0.418 e. The largest absolute Gasteiger partial charge is 0.494 e. The highest BCUT2D eigenvalue weighted by Crippen LogP contribution is 2.35. The first-order chi connectivity index (χ1) is 17.7. The average Bonchev–Trinajstić information content (AvgIpc) is 3.32. The fourth-order valence-corrected chi connectivity index (χ4v) is 5.05. The minimum Gasteiger partial charge on any atom is -0.494 e. The van der Waals surface area contributed by atoms with Crippen molar-refractivity contribution in [2.75, 3.05) is 20.3 Å². The van der Waals surface area contributed by atoms with Crippen molar-refractivity contribution in [2.45, 2.75) is 63.7 Å². The minimum atomic E-state index is -4.54. The molecule has 0 saturated heterocycles. The molecule has 7 nitrogen and oxygen atoms in total. The van der Waals surface area contributed by atoms with Gasteiger partial charge in [0.05, 0.1) is 30.5 Å². The number of esters is 1. The summed E-state index contributed by atoms with van der Waals surface area (Å²) in [7, 11) is 1.29. The van der Waals surface area contributed by atoms with Crippen LogP contribution in [0.5, 0.6) is 5.75 Å². The van der Waals surface area contributed by atoms with Crippen LogP contribution in [0.3, 0.4) is 0 Å². The number of amides is 1. The summed E-state index contributed by atoms with van der Waals surface area (Å²) in [5.41, 5.74) is 6.68. The van der Waals surface area contributed by atoms with Crippen molar-refractivity contribution in [1.29, 1.82) is 0 Å². The van der Waals surface area contributed by atoms with Crippen LogP contribution in [0.25, 0.3) is 0 Å². The lowest BCUT2D eigenvalue weighted by molar-refractivity contribution is -0.138. The Balaban J connectivity index is 1.37. The Hall–Kier alpha value is -3.14. The van der Waals surface area contributed by atoms with Crippen molar-refractivity contribution >= 4 is 11.9 Å². The standard InChI is InChI=1S/C27H32F3N3O4/c1-36-26(35)18-5-4-6-21(14-18)37-12-3-2-7-24-22(27(28,29)30)15-19-16-33(11-10-23(19)32-24)25(34)17-8-9-20(31)13-17/h4-6,14-15,17,20H,2-3,7-13,16,31H2,1H3. The number of nitrogens with zero attached hydrogens (tertiary/aromatic N) is 2. The van der Waals surface area contributed by atoms with Gasteiger partial charge in [-0.05, 0) is 68.4 Å². The number of hydrogen-bond acceptors (Lipinski definition) is 6. The van der Waals surface area contributed by atoms with E-state index in [0.717, 1.165) is 12.8 Å². The molecule has 1 fully saturated rings. The third-order valence-corrected chi connectivity index (χ3v) is 7.02. The van der Waals surface area contributed by atoms with E-state index in [2.05, 4.69) is 9.72 Å². The van der Waals surface area contributed by atoms with E-state index in [-0.39, 0.29) is 36.5 Å². The molecule has 2 aromatic rings. The van der Waals surface area contributed by atoms with E-state index in [1.807, 2.05) is 0 Å². The number of unbranched alkanes of at least 4 members (excludes halogenated alkanes) is 1. The molecule has 0 radical (unpaired) electrons. The number of pyridine rings is 1. The predicted octanol–water partition coefficient (Wildman–Crippen LogP) is 4.30. The van der Waals surface area contributed by atoms with E-state index in [0.29, 0.717) is 61.4 Å². The number of carbonyl (C=O) groups is 2. The second-order valence-electron chi connectivity index (χ2n) is 9.69. The van der Waals surface area contributed by atoms with Crippen LogP contribution in [0, 0.1) is 5.92 Å². The van der Waals surface area contributed by atoms with Crippen LogP contribution in [-0.4, -0.2) is 48.1 Å². The lowest BCUT2D eigenvalue weighted by Gasteiger charge is -2.31. The Bertz CT molecular complexity index is 1140. The Kier molecular flexibility index (Phi) is 8.36. The zero-order valence-electron chi connectivity index (χ0n) is 20.9. The summed E-state index contributed by atoms with van der Waals surface area (Å²) in [6.07, 6.45) is -0.798. The monoisotopic (exact) mass is 519 g/mol. The van der Waals surface area contributed by atoms with Gasteiger partial charge in [0.1, 0.15) is 5.75 Å². The van der Waals surface area contributed by atoms with Crippen LogP contribution in [0.15, 0.2) is 30.3 Å². The summed E-state index contributed by atoms with van der Waals surface area (Å²) < 4.78 is 52.0. The number of rotatable bonds is 8. The summed E-state index contributed by atoms with van der Waals surface area (Å²) >= 11 is 0. The SMILES string of the molecule is COC(=O)c1cccc(OCCCCc2nc3c(cc2C(F)(F)F)CN(C(=O)C2CCC(N)C2)CC3)c1. The second kappa shape index (κ2) is 11.5. The highest BCUT2D eigenvalue weighted by atomic mass is 19.4. The summed E-state index contributed by atoms with van der Waals surface area (Å²) in [4.78, 5) is 30.6. The Morgan fingerprint density at radius 1 is 1.19 bits per heavy atom. The lowest BCUT2D eigenvalue weighted by atomic mass is 9.97. The van der Waals surface area contributed by atoms with Gasteiger partial charge in [0.15, 0.2) is 0 Å². The van der Waals surface area contributed by atoms with Crippen molar-refractivity contribution in [3.05, 3.63) is 58.4 Å². The molecule has 1 amide bonds. The van der Waals surface area contributed by atoms with Crippen LogP contribution >= 0.6 is 0 Å². The van der Waals surface area contributed by atoms with Gasteiger partial charge in [-0.2, -0.15) is 13.2 Å². The third-order valence-electron chi connectivity index (χ3n) is 7.02. The number of halogens is 3. The van der Waals surface area contributed by atoms with Gasteiger partial charge >= 0.3 is 12.1 Å². The number of methoxy groups -OCH3 is 1. The van der Waals surface area contributed by atoms with Crippen molar-refractivity contribution in [3.63, 3.8) is 0 Å². The molecule has 2 heterocycles. The summed E-state index contributed by atoms with van der Waals surface area (Å²) in [5, 5.41) is 0. The molecule has 10 heteroatoms. The zero-order valence-corrected chi connectivity index (χ0v) is 20.9. The van der Waals surface area contributed by atoms with E-state index < -0.39 is 17.7 Å². The molecular weight excluding hydrogens is 487 g/mol. The molecule has 200 valence electrons. The van der Waals surface area contributed by atoms with E-state index in [1.165, 1.54) is 13.2 Å². The number of fused-ring (bicyclic) bond motifs is 1. The van der Waals surface area contributed by atoms with E-state index >= 15 is 0 Å². The maximum absolute atomic E-state index is 13.9. The molecule has 1 aliphatic carbocycles. The molecule has 0 bridgehead atoms. The number of ether oxygens (including phenoxy) is 2. The molecule has 37 heavy (non-hydrogen) atoms. The molecule has 2 atom stereocenters. The number of aryl methyl sites for hydroxylation is 1. The van der Waals surface area contributed by atoms with Gasteiger partial charge in [-0.15, -0.1) is 0 Å². The van der Waals surface area contributed by atoms with Gasteiger partial charge in [-0.3, -0.25) is 9.78 Å². The average molecular weight is 520 g/mol. The van der Waals surface area contributed by atoms with Crippen molar-refractivity contribution in [1.82, 2.24) is 9.88 Å². The zero-order chi connectivity index (χ0) is 26.6. The molecule has 1 aromatic heterocycles. The fraction of sp³-hybridized carbons (Fsp3) is 0.519. The van der Waals surface area contributed by atoms with Crippen LogP contribution < -0.4 is 10.5 Å². The number of benzene rings is 1. The highest BCUT2D eigenvalue weighted by molar-refractivity contribution is 5.89. The van der Waals surface area contributed by atoms with Gasteiger partial charge in [-0.25, -0.2) is 4.79 Å². The van der Waals surface area contributed by atoms with Gasteiger partial charge in [0, 0.05) is 37.2 Å². The summed E-state index contributed by atoms with van der Waals surface area (Å²) in [5.74, 6) is -0.146. The molecular formula is C27H32F3N3O4. The molecule has 1 aliphatic heterocycles. The first kappa shape index (κ1) is 26.9. The molecule has 0 spiro atoms. The van der Waals surface area contributed by atoms with E-state index in [9.17, 15) is 22.8 Å². The van der Waals surface area contributed by atoms with E-state index in [4.69, 9.17) is 10.5 Å². The van der Waals surface area contributed by atoms with Crippen LogP contribution in [0.4, 0.5) is 13.2 Å². The van der Waals surface area contributed by atoms with Crippen molar-refractivity contribution < 1.29 is 32.2 Å². The van der Waals surface area contributed by atoms with Crippen molar-refractivity contribution in [3.8, 4) is 5.75 Å². The first-order valence-corrected chi connectivity index (χ1v) is 12.6. The number of nitrogens with two attached hydrogens (primary N) is 1. The molecule has 2 aliphatic rings. The lowest BCUT2D eigenvalue weighted by Crippen LogP contribution is -2.40. The third kappa shape index (κ3) is 6.60. The van der Waals surface area contributed by atoms with Gasteiger partial charge in [0.2, 0.25) is 5.91 Å². The topological polar surface area (TPSA) is 94.8 Å². The quantitative estimate of drug-likeness (QED) is 0.413. The normalized spacial score (nSPS) is 19.4. The minimum absolute atomic E-state index is 0.0162. The first-order valence-electron chi connectivity index (χ1n) is 12.6. The number of alkyl halides is 3. The Morgan fingerprint density at radius 3 is 2.70 bits per heavy atom. The maximum atomic E-state index is 13.9.